The van der Waals surface area contributed by atoms with Gasteiger partial charge in [-0.3, -0.25) is 9.59 Å². The fourth-order valence-corrected chi connectivity index (χ4v) is 2.15. The number of hydrogen-bond donors (Lipinski definition) is 0. The third-order valence-electron chi connectivity index (χ3n) is 3.39. The molecule has 5 nitrogen and oxygen atoms in total. The molecule has 0 atom stereocenters. The molecule has 23 heavy (non-hydrogen) atoms. The largest absolute Gasteiger partial charge is 0.469 e. The highest BCUT2D eigenvalue weighted by atomic mass is 16.5. The molecular weight excluding hydrogens is 296 g/mol. The molecule has 0 fully saturated rings. The third kappa shape index (κ3) is 3.83. The number of methoxy groups -OCH3 is 2. The predicted octanol–water partition coefficient (Wildman–Crippen LogP) is 2.42. The Bertz CT molecular complexity index is 731. The number of benzene rings is 2. The van der Waals surface area contributed by atoms with E-state index in [0.717, 1.165) is 0 Å². The summed E-state index contributed by atoms with van der Waals surface area (Å²) in [6, 6.07) is 13.0. The molecule has 0 saturated heterocycles. The molecule has 2 rings (SSSR count). The van der Waals surface area contributed by atoms with E-state index in [9.17, 15) is 14.4 Å². The number of ether oxygens (including phenoxy) is 2. The van der Waals surface area contributed by atoms with Crippen molar-refractivity contribution in [1.29, 1.82) is 0 Å². The molecule has 0 saturated carbocycles. The Morgan fingerprint density at radius 3 is 2.04 bits per heavy atom. The van der Waals surface area contributed by atoms with Crippen LogP contribution in [0.4, 0.5) is 0 Å². The summed E-state index contributed by atoms with van der Waals surface area (Å²) in [5.74, 6) is -1.10. The van der Waals surface area contributed by atoms with E-state index in [1.165, 1.54) is 26.4 Å². The minimum absolute atomic E-state index is 0.0264. The number of carbonyl (C=O) groups is 3. The lowest BCUT2D eigenvalue weighted by Crippen LogP contribution is -2.11. The Morgan fingerprint density at radius 1 is 0.826 bits per heavy atom. The summed E-state index contributed by atoms with van der Waals surface area (Å²) in [5.41, 5.74) is 1.83. The predicted molar refractivity (Wildman–Crippen MR) is 83.4 cm³/mol. The van der Waals surface area contributed by atoms with Gasteiger partial charge in [0.1, 0.15) is 0 Å². The summed E-state index contributed by atoms with van der Waals surface area (Å²) in [4.78, 5) is 35.5. The second-order valence-electron chi connectivity index (χ2n) is 4.81. The first kappa shape index (κ1) is 16.4. The standard InChI is InChI=1S/C18H16O5/c1-22-16(19)11-14-5-3-4-6-15(14)17(20)12-7-9-13(10-8-12)18(21)23-2/h3-10H,11H2,1-2H3. The highest BCUT2D eigenvalue weighted by molar-refractivity contribution is 6.10. The summed E-state index contributed by atoms with van der Waals surface area (Å²) in [6.45, 7) is 0. The Balaban J connectivity index is 2.30. The molecule has 0 aliphatic rings. The van der Waals surface area contributed by atoms with Crippen molar-refractivity contribution in [2.24, 2.45) is 0 Å². The lowest BCUT2D eigenvalue weighted by atomic mass is 9.96. The monoisotopic (exact) mass is 312 g/mol. The first-order valence-corrected chi connectivity index (χ1v) is 6.94. The summed E-state index contributed by atoms with van der Waals surface area (Å²) in [5, 5.41) is 0. The topological polar surface area (TPSA) is 69.7 Å². The molecule has 0 N–H and O–H groups in total. The molecule has 5 heteroatoms. The fraction of sp³-hybridized carbons (Fsp3) is 0.167. The van der Waals surface area contributed by atoms with Crippen LogP contribution < -0.4 is 0 Å². The molecule has 2 aromatic carbocycles. The quantitative estimate of drug-likeness (QED) is 0.626. The lowest BCUT2D eigenvalue weighted by Gasteiger charge is -2.08. The second kappa shape index (κ2) is 7.35. The Hall–Kier alpha value is -2.95. The maximum absolute atomic E-state index is 12.6. The molecule has 0 bridgehead atoms. The van der Waals surface area contributed by atoms with Crippen LogP contribution in [0.25, 0.3) is 0 Å². The minimum Gasteiger partial charge on any atom is -0.469 e. The van der Waals surface area contributed by atoms with Crippen molar-refractivity contribution < 1.29 is 23.9 Å². The number of carbonyl (C=O) groups excluding carboxylic acids is 3. The zero-order chi connectivity index (χ0) is 16.8. The normalized spacial score (nSPS) is 10.0. The van der Waals surface area contributed by atoms with Crippen molar-refractivity contribution in [3.8, 4) is 0 Å². The van der Waals surface area contributed by atoms with E-state index < -0.39 is 11.9 Å². The van der Waals surface area contributed by atoms with Gasteiger partial charge in [0, 0.05) is 11.1 Å². The Labute approximate surface area is 133 Å². The van der Waals surface area contributed by atoms with Crippen LogP contribution >= 0.6 is 0 Å². The molecule has 2 aromatic rings. The van der Waals surface area contributed by atoms with E-state index >= 15 is 0 Å². The molecule has 0 aromatic heterocycles. The summed E-state index contributed by atoms with van der Waals surface area (Å²) in [7, 11) is 2.60. The average molecular weight is 312 g/mol. The van der Waals surface area contributed by atoms with Gasteiger partial charge in [0.15, 0.2) is 5.78 Å². The third-order valence-corrected chi connectivity index (χ3v) is 3.39. The minimum atomic E-state index is -0.463. The molecule has 0 unspecified atom stereocenters. The van der Waals surface area contributed by atoms with Crippen LogP contribution in [0.15, 0.2) is 48.5 Å². The van der Waals surface area contributed by atoms with Crippen molar-refractivity contribution in [1.82, 2.24) is 0 Å². The van der Waals surface area contributed by atoms with E-state index in [2.05, 4.69) is 9.47 Å². The summed E-state index contributed by atoms with van der Waals surface area (Å²) >= 11 is 0. The first-order valence-electron chi connectivity index (χ1n) is 6.94. The zero-order valence-electron chi connectivity index (χ0n) is 12.9. The average Bonchev–Trinajstić information content (AvgIpc) is 2.61. The van der Waals surface area contributed by atoms with Crippen molar-refractivity contribution >= 4 is 17.7 Å². The summed E-state index contributed by atoms with van der Waals surface area (Å²) in [6.07, 6.45) is 0.0264. The van der Waals surface area contributed by atoms with Gasteiger partial charge in [-0.05, 0) is 17.7 Å². The van der Waals surface area contributed by atoms with E-state index in [1.807, 2.05) is 0 Å². The number of ketones is 1. The van der Waals surface area contributed by atoms with Crippen LogP contribution in [0, 0.1) is 0 Å². The maximum atomic E-state index is 12.6. The van der Waals surface area contributed by atoms with Crippen LogP contribution in [0.2, 0.25) is 0 Å². The molecule has 0 radical (unpaired) electrons. The zero-order valence-corrected chi connectivity index (χ0v) is 12.9. The Kier molecular flexibility index (Phi) is 5.25. The highest BCUT2D eigenvalue weighted by Crippen LogP contribution is 2.16. The van der Waals surface area contributed by atoms with Gasteiger partial charge in [-0.1, -0.05) is 36.4 Å². The lowest BCUT2D eigenvalue weighted by molar-refractivity contribution is -0.139. The molecule has 0 aliphatic carbocycles. The van der Waals surface area contributed by atoms with Crippen LogP contribution in [-0.2, 0) is 20.7 Å². The SMILES string of the molecule is COC(=O)Cc1ccccc1C(=O)c1ccc(C(=O)OC)cc1. The van der Waals surface area contributed by atoms with E-state index in [4.69, 9.17) is 0 Å². The van der Waals surface area contributed by atoms with Gasteiger partial charge in [-0.25, -0.2) is 4.79 Å². The van der Waals surface area contributed by atoms with Gasteiger partial charge in [0.05, 0.1) is 26.2 Å². The van der Waals surface area contributed by atoms with Crippen LogP contribution in [-0.4, -0.2) is 31.9 Å². The van der Waals surface area contributed by atoms with Crippen LogP contribution in [0.3, 0.4) is 0 Å². The highest BCUT2D eigenvalue weighted by Gasteiger charge is 2.16. The van der Waals surface area contributed by atoms with Crippen molar-refractivity contribution in [2.75, 3.05) is 14.2 Å². The number of esters is 2. The van der Waals surface area contributed by atoms with E-state index in [-0.39, 0.29) is 12.2 Å². The van der Waals surface area contributed by atoms with Crippen molar-refractivity contribution in [3.05, 3.63) is 70.8 Å². The Morgan fingerprint density at radius 2 is 1.43 bits per heavy atom. The van der Waals surface area contributed by atoms with E-state index in [0.29, 0.717) is 22.3 Å². The van der Waals surface area contributed by atoms with Gasteiger partial charge in [-0.15, -0.1) is 0 Å². The first-order chi connectivity index (χ1) is 11.1. The fourth-order valence-electron chi connectivity index (χ4n) is 2.15. The second-order valence-corrected chi connectivity index (χ2v) is 4.81. The molecule has 0 aliphatic heterocycles. The maximum Gasteiger partial charge on any atom is 0.337 e. The molecule has 0 amide bonds. The van der Waals surface area contributed by atoms with Gasteiger partial charge in [0.2, 0.25) is 0 Å². The van der Waals surface area contributed by atoms with Gasteiger partial charge in [-0.2, -0.15) is 0 Å². The van der Waals surface area contributed by atoms with E-state index in [1.54, 1.807) is 36.4 Å². The number of hydrogen-bond acceptors (Lipinski definition) is 5. The molecule has 118 valence electrons. The van der Waals surface area contributed by atoms with Crippen molar-refractivity contribution in [2.45, 2.75) is 6.42 Å². The van der Waals surface area contributed by atoms with Gasteiger partial charge >= 0.3 is 11.9 Å². The molecular formula is C18H16O5. The summed E-state index contributed by atoms with van der Waals surface area (Å²) < 4.78 is 9.27. The van der Waals surface area contributed by atoms with Crippen LogP contribution in [0.5, 0.6) is 0 Å². The van der Waals surface area contributed by atoms with Gasteiger partial charge < -0.3 is 9.47 Å². The van der Waals surface area contributed by atoms with Crippen LogP contribution in [0.1, 0.15) is 31.8 Å². The smallest absolute Gasteiger partial charge is 0.337 e. The van der Waals surface area contributed by atoms with Gasteiger partial charge in [0.25, 0.3) is 0 Å². The van der Waals surface area contributed by atoms with Crippen molar-refractivity contribution in [3.63, 3.8) is 0 Å². The molecule has 0 spiro atoms. The number of rotatable bonds is 5. The molecule has 0 heterocycles.